The molecule has 0 spiro atoms. The molecule has 0 atom stereocenters. The van der Waals surface area contributed by atoms with Crippen LogP contribution in [0.25, 0.3) is 43.1 Å². The van der Waals surface area contributed by atoms with E-state index < -0.39 is 0 Å². The van der Waals surface area contributed by atoms with Crippen molar-refractivity contribution in [1.29, 1.82) is 0 Å². The van der Waals surface area contributed by atoms with Gasteiger partial charge in [0.15, 0.2) is 0 Å². The lowest BCUT2D eigenvalue weighted by Crippen LogP contribution is -1.82. The van der Waals surface area contributed by atoms with Crippen LogP contribution in [0, 0.1) is 23.7 Å². The molecule has 7 aromatic rings. The summed E-state index contributed by atoms with van der Waals surface area (Å²) in [5, 5.41) is 9.90. The van der Waals surface area contributed by atoms with Gasteiger partial charge >= 0.3 is 0 Å². The monoisotopic (exact) mass is 486 g/mol. The van der Waals surface area contributed by atoms with Gasteiger partial charge in [-0.05, 0) is 104 Å². The SMILES string of the molecule is COc1ccc(C#Cc2cc3c4cccc5c(C#Cc6ccc(OC)cc6)cc(c6cccc2c63)c54)cc1. The van der Waals surface area contributed by atoms with Gasteiger partial charge in [0.1, 0.15) is 11.5 Å². The smallest absolute Gasteiger partial charge is 0.118 e. The van der Waals surface area contributed by atoms with E-state index in [1.165, 1.54) is 43.1 Å². The van der Waals surface area contributed by atoms with E-state index >= 15 is 0 Å². The highest BCUT2D eigenvalue weighted by molar-refractivity contribution is 6.35. The van der Waals surface area contributed by atoms with Gasteiger partial charge in [0.2, 0.25) is 0 Å². The van der Waals surface area contributed by atoms with Gasteiger partial charge in [-0.3, -0.25) is 0 Å². The molecule has 178 valence electrons. The minimum atomic E-state index is 0.832. The Balaban J connectivity index is 1.40. The Labute approximate surface area is 221 Å². The van der Waals surface area contributed by atoms with Crippen molar-refractivity contribution >= 4 is 43.1 Å². The molecule has 0 saturated heterocycles. The first-order chi connectivity index (χ1) is 18.7. The third kappa shape index (κ3) is 3.47. The molecule has 0 fully saturated rings. The van der Waals surface area contributed by atoms with E-state index in [0.717, 1.165) is 33.8 Å². The van der Waals surface area contributed by atoms with Crippen LogP contribution in [0.4, 0.5) is 0 Å². The second kappa shape index (κ2) is 8.74. The average Bonchev–Trinajstić information content (AvgIpc) is 3.54. The van der Waals surface area contributed by atoms with Crippen molar-refractivity contribution in [3.05, 3.63) is 119 Å². The van der Waals surface area contributed by atoms with Crippen LogP contribution < -0.4 is 9.47 Å². The lowest BCUT2D eigenvalue weighted by molar-refractivity contribution is 0.414. The van der Waals surface area contributed by atoms with Crippen molar-refractivity contribution in [2.24, 2.45) is 0 Å². The average molecular weight is 487 g/mol. The molecule has 0 heterocycles. The van der Waals surface area contributed by atoms with E-state index in [-0.39, 0.29) is 0 Å². The third-order valence-electron chi connectivity index (χ3n) is 7.27. The zero-order chi connectivity index (χ0) is 25.6. The molecule has 2 heteroatoms. The van der Waals surface area contributed by atoms with Gasteiger partial charge in [-0.2, -0.15) is 0 Å². The van der Waals surface area contributed by atoms with Gasteiger partial charge < -0.3 is 9.47 Å². The number of methoxy groups -OCH3 is 2. The van der Waals surface area contributed by atoms with Crippen LogP contribution in [0.2, 0.25) is 0 Å². The highest BCUT2D eigenvalue weighted by atomic mass is 16.5. The Morgan fingerprint density at radius 1 is 0.421 bits per heavy atom. The fraction of sp³-hybridized carbons (Fsp3) is 0.0556. The molecule has 2 nitrogen and oxygen atoms in total. The van der Waals surface area contributed by atoms with Crippen LogP contribution in [0.1, 0.15) is 22.3 Å². The van der Waals surface area contributed by atoms with Crippen molar-refractivity contribution in [2.75, 3.05) is 14.2 Å². The Morgan fingerprint density at radius 3 is 1.21 bits per heavy atom. The van der Waals surface area contributed by atoms with E-state index in [4.69, 9.17) is 9.47 Å². The maximum Gasteiger partial charge on any atom is 0.118 e. The summed E-state index contributed by atoms with van der Waals surface area (Å²) in [6.45, 7) is 0. The minimum Gasteiger partial charge on any atom is -0.497 e. The van der Waals surface area contributed by atoms with Gasteiger partial charge in [-0.25, -0.2) is 0 Å². The summed E-state index contributed by atoms with van der Waals surface area (Å²) < 4.78 is 10.5. The maximum absolute atomic E-state index is 5.27. The van der Waals surface area contributed by atoms with E-state index in [0.29, 0.717) is 0 Å². The molecule has 0 N–H and O–H groups in total. The van der Waals surface area contributed by atoms with E-state index in [1.807, 2.05) is 48.5 Å². The molecule has 7 rings (SSSR count). The molecule has 0 aliphatic carbocycles. The van der Waals surface area contributed by atoms with Crippen LogP contribution in [0.3, 0.4) is 0 Å². The van der Waals surface area contributed by atoms with Crippen molar-refractivity contribution in [2.45, 2.75) is 0 Å². The summed E-state index contributed by atoms with van der Waals surface area (Å²) in [5.74, 6) is 15.2. The Morgan fingerprint density at radius 2 is 0.816 bits per heavy atom. The summed E-state index contributed by atoms with van der Waals surface area (Å²) in [4.78, 5) is 0. The number of hydrogen-bond acceptors (Lipinski definition) is 2. The van der Waals surface area contributed by atoms with E-state index in [9.17, 15) is 0 Å². The van der Waals surface area contributed by atoms with E-state index in [2.05, 4.69) is 72.2 Å². The van der Waals surface area contributed by atoms with Gasteiger partial charge in [-0.1, -0.05) is 60.1 Å². The van der Waals surface area contributed by atoms with E-state index in [1.54, 1.807) is 14.2 Å². The molecule has 0 unspecified atom stereocenters. The quantitative estimate of drug-likeness (QED) is 0.182. The summed E-state index contributed by atoms with van der Waals surface area (Å²) in [6.07, 6.45) is 0. The molecule has 38 heavy (non-hydrogen) atoms. The largest absolute Gasteiger partial charge is 0.497 e. The summed E-state index contributed by atoms with van der Waals surface area (Å²) in [7, 11) is 3.35. The van der Waals surface area contributed by atoms with Gasteiger partial charge in [0, 0.05) is 22.3 Å². The highest BCUT2D eigenvalue weighted by Crippen LogP contribution is 2.44. The van der Waals surface area contributed by atoms with Gasteiger partial charge in [-0.15, -0.1) is 0 Å². The Kier molecular flexibility index (Phi) is 5.07. The topological polar surface area (TPSA) is 18.5 Å². The lowest BCUT2D eigenvalue weighted by Gasteiger charge is -2.06. The zero-order valence-corrected chi connectivity index (χ0v) is 21.1. The predicted octanol–water partition coefficient (Wildman–Crippen LogP) is 7.99. The first-order valence-electron chi connectivity index (χ1n) is 12.5. The molecular weight excluding hydrogens is 464 g/mol. The van der Waals surface area contributed by atoms with Crippen molar-refractivity contribution in [3.63, 3.8) is 0 Å². The maximum atomic E-state index is 5.27. The Hall–Kier alpha value is -5.18. The van der Waals surface area contributed by atoms with Crippen molar-refractivity contribution in [1.82, 2.24) is 0 Å². The van der Waals surface area contributed by atoms with Crippen LogP contribution in [-0.4, -0.2) is 14.2 Å². The lowest BCUT2D eigenvalue weighted by atomic mass is 9.97. The van der Waals surface area contributed by atoms with Crippen molar-refractivity contribution < 1.29 is 9.47 Å². The molecule has 0 aromatic heterocycles. The first kappa shape index (κ1) is 22.1. The fourth-order valence-electron chi connectivity index (χ4n) is 5.43. The predicted molar refractivity (Wildman–Crippen MR) is 157 cm³/mol. The Bertz CT molecular complexity index is 1920. The molecule has 0 amide bonds. The molecule has 0 radical (unpaired) electrons. The molecule has 0 saturated carbocycles. The number of rotatable bonds is 2. The number of fused-ring (bicyclic) bond motifs is 2. The fourth-order valence-corrected chi connectivity index (χ4v) is 5.43. The second-order valence-electron chi connectivity index (χ2n) is 9.36. The minimum absolute atomic E-state index is 0.832. The number of hydrogen-bond donors (Lipinski definition) is 0. The third-order valence-corrected chi connectivity index (χ3v) is 7.27. The summed E-state index contributed by atoms with van der Waals surface area (Å²) in [6, 6.07) is 33.3. The zero-order valence-electron chi connectivity index (χ0n) is 21.1. The number of ether oxygens (including phenoxy) is 2. The highest BCUT2D eigenvalue weighted by Gasteiger charge is 2.18. The van der Waals surface area contributed by atoms with Crippen molar-refractivity contribution in [3.8, 4) is 35.2 Å². The summed E-state index contributed by atoms with van der Waals surface area (Å²) in [5.41, 5.74) is 4.03. The standard InChI is InChI=1S/C36H22O2/c1-37-27-17-11-23(12-18-27)9-15-25-21-33-31-8-4-6-30-26(16-10-24-13-19-28(38-2)20-14-24)22-34(36(30)31)32-7-3-5-29(25)35(32)33/h3-8,11-14,17-22H,1-2H3. The van der Waals surface area contributed by atoms with Gasteiger partial charge in [0.25, 0.3) is 0 Å². The molecular formula is C36H22O2. The normalized spacial score (nSPS) is 11.0. The van der Waals surface area contributed by atoms with Crippen LogP contribution >= 0.6 is 0 Å². The molecule has 7 aromatic carbocycles. The molecule has 0 aliphatic rings. The van der Waals surface area contributed by atoms with Crippen LogP contribution in [0.5, 0.6) is 11.5 Å². The second-order valence-corrected chi connectivity index (χ2v) is 9.36. The van der Waals surface area contributed by atoms with Crippen LogP contribution in [0.15, 0.2) is 97.1 Å². The van der Waals surface area contributed by atoms with Crippen LogP contribution in [-0.2, 0) is 0 Å². The molecule has 0 bridgehead atoms. The summed E-state index contributed by atoms with van der Waals surface area (Å²) >= 11 is 0. The first-order valence-corrected chi connectivity index (χ1v) is 12.5. The van der Waals surface area contributed by atoms with Gasteiger partial charge in [0.05, 0.1) is 14.2 Å². The number of benzene rings is 5. The molecule has 0 aliphatic heterocycles.